The number of amides is 1. The van der Waals surface area contributed by atoms with Gasteiger partial charge in [0.1, 0.15) is 10.7 Å². The Balaban J connectivity index is 1.08. The van der Waals surface area contributed by atoms with Gasteiger partial charge in [0.2, 0.25) is 5.91 Å². The Bertz CT molecular complexity index is 1170. The normalized spacial score (nSPS) is 17.2. The van der Waals surface area contributed by atoms with Crippen molar-refractivity contribution in [2.45, 2.75) is 56.9 Å². The summed E-state index contributed by atoms with van der Waals surface area (Å²) >= 11 is 3.17. The molecule has 0 saturated carbocycles. The van der Waals surface area contributed by atoms with Crippen LogP contribution in [0.1, 0.15) is 47.5 Å². The van der Waals surface area contributed by atoms with Gasteiger partial charge in [0.15, 0.2) is 0 Å². The van der Waals surface area contributed by atoms with E-state index in [-0.39, 0.29) is 17.5 Å². The Morgan fingerprint density at radius 2 is 1.97 bits per heavy atom. The summed E-state index contributed by atoms with van der Waals surface area (Å²) in [5.74, 6) is 1.65. The van der Waals surface area contributed by atoms with Gasteiger partial charge in [-0.05, 0) is 49.7 Å². The van der Waals surface area contributed by atoms with E-state index in [2.05, 4.69) is 39.5 Å². The number of aryl methyl sites for hydroxylation is 2. The second kappa shape index (κ2) is 10.4. The van der Waals surface area contributed by atoms with Crippen molar-refractivity contribution in [3.05, 3.63) is 62.5 Å². The molecular formula is C25H30N4O2S2. The van der Waals surface area contributed by atoms with E-state index in [1.807, 2.05) is 6.07 Å². The van der Waals surface area contributed by atoms with Crippen molar-refractivity contribution in [2.75, 3.05) is 18.8 Å². The molecule has 0 radical (unpaired) electrons. The van der Waals surface area contributed by atoms with Crippen molar-refractivity contribution in [2.24, 2.45) is 0 Å². The summed E-state index contributed by atoms with van der Waals surface area (Å²) in [7, 11) is 0. The van der Waals surface area contributed by atoms with Crippen LogP contribution in [0.2, 0.25) is 0 Å². The predicted molar refractivity (Wildman–Crippen MR) is 136 cm³/mol. The number of rotatable bonds is 7. The van der Waals surface area contributed by atoms with Gasteiger partial charge in [-0.2, -0.15) is 0 Å². The number of aromatic nitrogens is 2. The number of nitrogens with one attached hydrogen (secondary N) is 2. The lowest BCUT2D eigenvalue weighted by Crippen LogP contribution is -2.44. The van der Waals surface area contributed by atoms with E-state index in [1.165, 1.54) is 34.2 Å². The van der Waals surface area contributed by atoms with Gasteiger partial charge in [0.05, 0.1) is 16.9 Å². The highest BCUT2D eigenvalue weighted by Crippen LogP contribution is 2.33. The maximum absolute atomic E-state index is 12.7. The van der Waals surface area contributed by atoms with E-state index in [9.17, 15) is 9.59 Å². The molecule has 1 aliphatic carbocycles. The van der Waals surface area contributed by atoms with Crippen molar-refractivity contribution < 1.29 is 4.79 Å². The van der Waals surface area contributed by atoms with Crippen molar-refractivity contribution in [1.82, 2.24) is 20.2 Å². The molecule has 5 rings (SSSR count). The van der Waals surface area contributed by atoms with Crippen LogP contribution in [0.5, 0.6) is 0 Å². The first-order valence-electron chi connectivity index (χ1n) is 11.8. The number of aromatic amines is 1. The molecule has 6 nitrogen and oxygen atoms in total. The molecule has 1 saturated heterocycles. The van der Waals surface area contributed by atoms with Gasteiger partial charge in [0, 0.05) is 30.6 Å². The average Bonchev–Trinajstić information content (AvgIpc) is 3.20. The molecular weight excluding hydrogens is 452 g/mol. The maximum Gasteiger partial charge on any atom is 0.259 e. The molecule has 1 fully saturated rings. The van der Waals surface area contributed by atoms with E-state index in [4.69, 9.17) is 4.98 Å². The van der Waals surface area contributed by atoms with Crippen LogP contribution in [0.3, 0.4) is 0 Å². The van der Waals surface area contributed by atoms with Gasteiger partial charge >= 0.3 is 0 Å². The minimum Gasteiger partial charge on any atom is -0.353 e. The molecule has 33 heavy (non-hydrogen) atoms. The highest BCUT2D eigenvalue weighted by molar-refractivity contribution is 7.99. The lowest BCUT2D eigenvalue weighted by Gasteiger charge is -2.32. The largest absolute Gasteiger partial charge is 0.353 e. The number of nitrogens with zero attached hydrogens (tertiary/aromatic N) is 2. The molecule has 0 bridgehead atoms. The third-order valence-electron chi connectivity index (χ3n) is 6.55. The Morgan fingerprint density at radius 1 is 1.18 bits per heavy atom. The van der Waals surface area contributed by atoms with Gasteiger partial charge in [-0.15, -0.1) is 23.1 Å². The topological polar surface area (TPSA) is 78.1 Å². The highest BCUT2D eigenvalue weighted by Gasteiger charge is 2.22. The molecule has 0 spiro atoms. The predicted octanol–water partition coefficient (Wildman–Crippen LogP) is 3.88. The Labute approximate surface area is 202 Å². The second-order valence-electron chi connectivity index (χ2n) is 9.00. The van der Waals surface area contributed by atoms with Crippen LogP contribution < -0.4 is 10.9 Å². The fourth-order valence-electron chi connectivity index (χ4n) is 4.86. The van der Waals surface area contributed by atoms with Gasteiger partial charge < -0.3 is 10.3 Å². The number of carbonyl (C=O) groups is 1. The quantitative estimate of drug-likeness (QED) is 0.534. The Morgan fingerprint density at radius 3 is 2.79 bits per heavy atom. The molecule has 0 atom stereocenters. The molecule has 8 heteroatoms. The zero-order chi connectivity index (χ0) is 22.6. The first kappa shape index (κ1) is 22.6. The third-order valence-corrected chi connectivity index (χ3v) is 8.68. The number of likely N-dealkylation sites (tertiary alicyclic amines) is 1. The second-order valence-corrected chi connectivity index (χ2v) is 11.1. The van der Waals surface area contributed by atoms with Gasteiger partial charge in [-0.3, -0.25) is 14.5 Å². The molecule has 3 aromatic rings. The summed E-state index contributed by atoms with van der Waals surface area (Å²) in [5.41, 5.74) is 2.52. The summed E-state index contributed by atoms with van der Waals surface area (Å²) in [6.07, 6.45) is 6.36. The number of thiophene rings is 1. The SMILES string of the molecule is O=C(CSCc1nc2sc3c(c2c(=O)[nH]1)CCCC3)NC1CCN(Cc2ccccc2)CC1. The molecule has 2 N–H and O–H groups in total. The van der Waals surface area contributed by atoms with E-state index >= 15 is 0 Å². The monoisotopic (exact) mass is 482 g/mol. The maximum atomic E-state index is 12.7. The number of fused-ring (bicyclic) bond motifs is 3. The summed E-state index contributed by atoms with van der Waals surface area (Å²) in [5, 5.41) is 3.98. The Hall–Kier alpha value is -2.16. The van der Waals surface area contributed by atoms with E-state index in [0.717, 1.165) is 62.0 Å². The number of H-pyrrole nitrogens is 1. The van der Waals surface area contributed by atoms with Gasteiger partial charge in [0.25, 0.3) is 5.56 Å². The first-order valence-corrected chi connectivity index (χ1v) is 13.8. The standard InChI is InChI=1S/C25H30N4O2S2/c30-22(26-18-10-12-29(13-11-18)14-17-6-2-1-3-7-17)16-32-15-21-27-24(31)23-19-8-4-5-9-20(19)33-25(23)28-21/h1-3,6-7,18H,4-5,8-16H2,(H,26,30)(H,27,28,31). The molecule has 3 heterocycles. The van der Waals surface area contributed by atoms with Crippen molar-refractivity contribution in [3.63, 3.8) is 0 Å². The van der Waals surface area contributed by atoms with Crippen LogP contribution in [-0.2, 0) is 29.9 Å². The van der Waals surface area contributed by atoms with Crippen LogP contribution >= 0.6 is 23.1 Å². The lowest BCUT2D eigenvalue weighted by atomic mass is 9.97. The fourth-order valence-corrected chi connectivity index (χ4v) is 6.85. The number of piperidine rings is 1. The molecule has 1 aliphatic heterocycles. The van der Waals surface area contributed by atoms with Crippen LogP contribution in [0.4, 0.5) is 0 Å². The zero-order valence-electron chi connectivity index (χ0n) is 18.8. The van der Waals surface area contributed by atoms with Crippen molar-refractivity contribution >= 4 is 39.2 Å². The van der Waals surface area contributed by atoms with Gasteiger partial charge in [-0.1, -0.05) is 30.3 Å². The van der Waals surface area contributed by atoms with Crippen LogP contribution in [0, 0.1) is 0 Å². The summed E-state index contributed by atoms with van der Waals surface area (Å²) in [6, 6.07) is 10.8. The third kappa shape index (κ3) is 5.50. The number of hydrogen-bond donors (Lipinski definition) is 2. The average molecular weight is 483 g/mol. The van der Waals surface area contributed by atoms with E-state index in [1.54, 1.807) is 11.3 Å². The van der Waals surface area contributed by atoms with E-state index in [0.29, 0.717) is 17.3 Å². The van der Waals surface area contributed by atoms with Crippen molar-refractivity contribution in [1.29, 1.82) is 0 Å². The molecule has 2 aromatic heterocycles. The van der Waals surface area contributed by atoms with Crippen LogP contribution in [0.15, 0.2) is 35.1 Å². The smallest absolute Gasteiger partial charge is 0.259 e. The number of carbonyl (C=O) groups excluding carboxylic acids is 1. The summed E-state index contributed by atoms with van der Waals surface area (Å²) in [6.45, 7) is 2.98. The number of hydrogen-bond acceptors (Lipinski definition) is 6. The summed E-state index contributed by atoms with van der Waals surface area (Å²) in [4.78, 5) is 37.4. The van der Waals surface area contributed by atoms with Gasteiger partial charge in [-0.25, -0.2) is 4.98 Å². The lowest BCUT2D eigenvalue weighted by molar-refractivity contribution is -0.119. The minimum absolute atomic E-state index is 0.0262. The van der Waals surface area contributed by atoms with Crippen LogP contribution in [-0.4, -0.2) is 45.7 Å². The van der Waals surface area contributed by atoms with Crippen LogP contribution in [0.25, 0.3) is 10.2 Å². The zero-order valence-corrected chi connectivity index (χ0v) is 20.4. The first-order chi connectivity index (χ1) is 16.2. The molecule has 174 valence electrons. The summed E-state index contributed by atoms with van der Waals surface area (Å²) < 4.78 is 0. The fraction of sp³-hybridized carbons (Fsp3) is 0.480. The van der Waals surface area contributed by atoms with E-state index < -0.39 is 0 Å². The molecule has 1 aromatic carbocycles. The number of benzene rings is 1. The minimum atomic E-state index is -0.0262. The molecule has 1 amide bonds. The molecule has 0 unspecified atom stereocenters. The Kier molecular flexibility index (Phi) is 7.13. The highest BCUT2D eigenvalue weighted by atomic mass is 32.2. The van der Waals surface area contributed by atoms with Crippen molar-refractivity contribution in [3.8, 4) is 0 Å². The number of thioether (sulfide) groups is 1. The molecule has 2 aliphatic rings.